The van der Waals surface area contributed by atoms with Crippen LogP contribution in [0.3, 0.4) is 0 Å². The maximum atomic E-state index is 11.6. The number of aryl methyl sites for hydroxylation is 1. The van der Waals surface area contributed by atoms with Crippen LogP contribution in [0.4, 0.5) is 4.79 Å². The first-order chi connectivity index (χ1) is 9.85. The number of carboxylic acid groups (broad SMARTS) is 1. The van der Waals surface area contributed by atoms with Crippen molar-refractivity contribution in [2.45, 2.75) is 33.4 Å². The maximum Gasteiger partial charge on any atom is 0.347 e. The molecule has 2 amide bonds. The third kappa shape index (κ3) is 5.03. The van der Waals surface area contributed by atoms with Gasteiger partial charge in [-0.25, -0.2) is 19.4 Å². The molecular weight excluding hydrogens is 298 g/mol. The molecule has 21 heavy (non-hydrogen) atoms. The van der Waals surface area contributed by atoms with Gasteiger partial charge in [-0.1, -0.05) is 0 Å². The Morgan fingerprint density at radius 3 is 2.62 bits per heavy atom. The van der Waals surface area contributed by atoms with Gasteiger partial charge in [0, 0.05) is 0 Å². The highest BCUT2D eigenvalue weighted by atomic mass is 32.1. The summed E-state index contributed by atoms with van der Waals surface area (Å²) < 4.78 is 4.76. The highest BCUT2D eigenvalue weighted by Gasteiger charge is 2.17. The highest BCUT2D eigenvalue weighted by molar-refractivity contribution is 7.13. The van der Waals surface area contributed by atoms with Crippen LogP contribution in [0.15, 0.2) is 0 Å². The lowest BCUT2D eigenvalue weighted by Gasteiger charge is -2.12. The Morgan fingerprint density at radius 2 is 2.10 bits per heavy atom. The molecular formula is C12H17N3O5S. The van der Waals surface area contributed by atoms with Gasteiger partial charge >= 0.3 is 18.0 Å². The van der Waals surface area contributed by atoms with E-state index in [1.807, 2.05) is 0 Å². The first-order valence-corrected chi connectivity index (χ1v) is 7.07. The van der Waals surface area contributed by atoms with Gasteiger partial charge in [-0.2, -0.15) is 0 Å². The molecule has 0 spiro atoms. The van der Waals surface area contributed by atoms with E-state index in [1.165, 1.54) is 6.92 Å². The zero-order chi connectivity index (χ0) is 16.0. The average molecular weight is 315 g/mol. The molecule has 0 aromatic carbocycles. The smallest absolute Gasteiger partial charge is 0.347 e. The van der Waals surface area contributed by atoms with E-state index in [0.717, 1.165) is 11.3 Å². The van der Waals surface area contributed by atoms with Crippen molar-refractivity contribution in [3.63, 3.8) is 0 Å². The van der Waals surface area contributed by atoms with Gasteiger partial charge < -0.3 is 20.5 Å². The normalized spacial score (nSPS) is 11.6. The standard InChI is InChI=1S/C12H17N3O5S/c1-4-20-11(18)7(3)15-12(19)13-5-8-14-6(2)9(21-8)10(16)17/h7H,4-5H2,1-3H3,(H,16,17)(H2,13,15,19). The number of carbonyl (C=O) groups excluding carboxylic acids is 2. The summed E-state index contributed by atoms with van der Waals surface area (Å²) in [6, 6.07) is -1.32. The van der Waals surface area contributed by atoms with Crippen LogP contribution < -0.4 is 10.6 Å². The zero-order valence-electron chi connectivity index (χ0n) is 11.9. The SMILES string of the molecule is CCOC(=O)C(C)NC(=O)NCc1nc(C)c(C(=O)O)s1. The molecule has 8 nitrogen and oxygen atoms in total. The van der Waals surface area contributed by atoms with E-state index in [4.69, 9.17) is 9.84 Å². The number of rotatable bonds is 6. The van der Waals surface area contributed by atoms with E-state index < -0.39 is 24.0 Å². The summed E-state index contributed by atoms with van der Waals surface area (Å²) in [5.41, 5.74) is 0.407. The molecule has 9 heteroatoms. The zero-order valence-corrected chi connectivity index (χ0v) is 12.7. The first-order valence-electron chi connectivity index (χ1n) is 6.25. The van der Waals surface area contributed by atoms with Crippen molar-refractivity contribution in [1.29, 1.82) is 0 Å². The first kappa shape index (κ1) is 16.9. The van der Waals surface area contributed by atoms with Crippen molar-refractivity contribution >= 4 is 29.3 Å². The summed E-state index contributed by atoms with van der Waals surface area (Å²) in [5.74, 6) is -1.57. The highest BCUT2D eigenvalue weighted by Crippen LogP contribution is 2.17. The summed E-state index contributed by atoms with van der Waals surface area (Å²) in [7, 11) is 0. The minimum Gasteiger partial charge on any atom is -0.477 e. The quantitative estimate of drug-likeness (QED) is 0.671. The molecule has 1 atom stereocenters. The molecule has 3 N–H and O–H groups in total. The van der Waals surface area contributed by atoms with Gasteiger partial charge in [-0.15, -0.1) is 11.3 Å². The number of thiazole rings is 1. The Hall–Kier alpha value is -2.16. The number of esters is 1. The maximum absolute atomic E-state index is 11.6. The Morgan fingerprint density at radius 1 is 1.43 bits per heavy atom. The molecule has 0 saturated heterocycles. The average Bonchev–Trinajstić information content (AvgIpc) is 2.78. The molecule has 0 aliphatic carbocycles. The monoisotopic (exact) mass is 315 g/mol. The van der Waals surface area contributed by atoms with Crippen molar-refractivity contribution in [1.82, 2.24) is 15.6 Å². The van der Waals surface area contributed by atoms with Crippen molar-refractivity contribution < 1.29 is 24.2 Å². The topological polar surface area (TPSA) is 118 Å². The number of ether oxygens (including phenoxy) is 1. The molecule has 1 heterocycles. The molecule has 1 unspecified atom stereocenters. The number of hydrogen-bond acceptors (Lipinski definition) is 6. The second kappa shape index (κ2) is 7.58. The van der Waals surface area contributed by atoms with Gasteiger partial charge in [0.05, 0.1) is 18.8 Å². The van der Waals surface area contributed by atoms with Crippen molar-refractivity contribution in [3.8, 4) is 0 Å². The van der Waals surface area contributed by atoms with E-state index in [-0.39, 0.29) is 18.0 Å². The number of amides is 2. The lowest BCUT2D eigenvalue weighted by Crippen LogP contribution is -2.44. The lowest BCUT2D eigenvalue weighted by atomic mass is 10.3. The number of urea groups is 1. The van der Waals surface area contributed by atoms with Crippen LogP contribution in [0.2, 0.25) is 0 Å². The second-order valence-electron chi connectivity index (χ2n) is 4.13. The van der Waals surface area contributed by atoms with Crippen molar-refractivity contribution in [2.24, 2.45) is 0 Å². The van der Waals surface area contributed by atoms with Crippen LogP contribution in [-0.2, 0) is 16.1 Å². The molecule has 1 aromatic heterocycles. The molecule has 1 rings (SSSR count). The van der Waals surface area contributed by atoms with E-state index >= 15 is 0 Å². The number of nitrogens with zero attached hydrogens (tertiary/aromatic N) is 1. The number of carbonyl (C=O) groups is 3. The van der Waals surface area contributed by atoms with E-state index in [1.54, 1.807) is 13.8 Å². The fourth-order valence-electron chi connectivity index (χ4n) is 1.46. The number of nitrogens with one attached hydrogen (secondary N) is 2. The van der Waals surface area contributed by atoms with Gasteiger partial charge in [-0.3, -0.25) is 0 Å². The van der Waals surface area contributed by atoms with Crippen LogP contribution in [0.25, 0.3) is 0 Å². The number of aromatic carboxylic acids is 1. The minimum absolute atomic E-state index is 0.0835. The van der Waals surface area contributed by atoms with Crippen LogP contribution in [0.5, 0.6) is 0 Å². The fourth-order valence-corrected chi connectivity index (χ4v) is 2.30. The Balaban J connectivity index is 2.48. The Labute approximate surface area is 125 Å². The van der Waals surface area contributed by atoms with Crippen LogP contribution >= 0.6 is 11.3 Å². The summed E-state index contributed by atoms with van der Waals surface area (Å²) in [6.07, 6.45) is 0. The summed E-state index contributed by atoms with van der Waals surface area (Å²) in [6.45, 7) is 5.10. The van der Waals surface area contributed by atoms with Crippen LogP contribution in [0.1, 0.15) is 34.2 Å². The molecule has 0 fully saturated rings. The number of aromatic nitrogens is 1. The van der Waals surface area contributed by atoms with E-state index in [2.05, 4.69) is 15.6 Å². The molecule has 0 bridgehead atoms. The minimum atomic E-state index is -1.04. The molecule has 0 radical (unpaired) electrons. The second-order valence-corrected chi connectivity index (χ2v) is 5.21. The summed E-state index contributed by atoms with van der Waals surface area (Å²) in [4.78, 5) is 38.0. The summed E-state index contributed by atoms with van der Waals surface area (Å²) in [5, 5.41) is 14.3. The van der Waals surface area contributed by atoms with Crippen LogP contribution in [-0.4, -0.2) is 40.7 Å². The van der Waals surface area contributed by atoms with Crippen molar-refractivity contribution in [2.75, 3.05) is 6.61 Å². The predicted octanol–water partition coefficient (Wildman–Crippen LogP) is 0.901. The lowest BCUT2D eigenvalue weighted by molar-refractivity contribution is -0.144. The van der Waals surface area contributed by atoms with Gasteiger partial charge in [0.25, 0.3) is 0 Å². The molecule has 116 valence electrons. The Kier molecular flexibility index (Phi) is 6.10. The third-order valence-electron chi connectivity index (χ3n) is 2.42. The molecule has 0 aliphatic rings. The molecule has 1 aromatic rings. The largest absolute Gasteiger partial charge is 0.477 e. The van der Waals surface area contributed by atoms with Gasteiger partial charge in [0.15, 0.2) is 0 Å². The summed E-state index contributed by atoms with van der Waals surface area (Å²) >= 11 is 0.998. The van der Waals surface area contributed by atoms with Gasteiger partial charge in [-0.05, 0) is 20.8 Å². The van der Waals surface area contributed by atoms with Gasteiger partial charge in [0.2, 0.25) is 0 Å². The van der Waals surface area contributed by atoms with E-state index in [9.17, 15) is 14.4 Å². The fraction of sp³-hybridized carbons (Fsp3) is 0.500. The third-order valence-corrected chi connectivity index (χ3v) is 3.57. The van der Waals surface area contributed by atoms with E-state index in [0.29, 0.717) is 10.7 Å². The predicted molar refractivity (Wildman–Crippen MR) is 75.3 cm³/mol. The van der Waals surface area contributed by atoms with Crippen molar-refractivity contribution in [3.05, 3.63) is 15.6 Å². The number of carboxylic acids is 1. The Bertz CT molecular complexity index is 543. The molecule has 0 aliphatic heterocycles. The van der Waals surface area contributed by atoms with Crippen LogP contribution in [0, 0.1) is 6.92 Å². The van der Waals surface area contributed by atoms with Gasteiger partial charge in [0.1, 0.15) is 15.9 Å². The molecule has 0 saturated carbocycles. The number of hydrogen-bond donors (Lipinski definition) is 3.